The summed E-state index contributed by atoms with van der Waals surface area (Å²) in [6, 6.07) is 5.59. The summed E-state index contributed by atoms with van der Waals surface area (Å²) in [7, 11) is 0. The lowest BCUT2D eigenvalue weighted by Crippen LogP contribution is -2.45. The molecule has 1 heterocycles. The van der Waals surface area contributed by atoms with Crippen LogP contribution in [0.4, 0.5) is 0 Å². The van der Waals surface area contributed by atoms with Gasteiger partial charge in [-0.25, -0.2) is 0 Å². The molecule has 0 aliphatic carbocycles. The van der Waals surface area contributed by atoms with E-state index in [0.717, 1.165) is 25.2 Å². The van der Waals surface area contributed by atoms with Crippen LogP contribution in [0.5, 0.6) is 0 Å². The van der Waals surface area contributed by atoms with Gasteiger partial charge < -0.3 is 10.5 Å². The molecule has 1 atom stereocenters. The first kappa shape index (κ1) is 13.1. The van der Waals surface area contributed by atoms with Crippen LogP contribution in [-0.2, 0) is 11.3 Å². The van der Waals surface area contributed by atoms with Crippen LogP contribution in [0.1, 0.15) is 5.56 Å². The van der Waals surface area contributed by atoms with Gasteiger partial charge in [0.1, 0.15) is 0 Å². The molecule has 0 saturated carbocycles. The van der Waals surface area contributed by atoms with E-state index in [0.29, 0.717) is 23.2 Å². The minimum Gasteiger partial charge on any atom is -0.374 e. The summed E-state index contributed by atoms with van der Waals surface area (Å²) in [6.45, 7) is 3.73. The summed E-state index contributed by atoms with van der Waals surface area (Å²) in [5, 5.41) is 1.43. The molecule has 1 aromatic carbocycles. The van der Waals surface area contributed by atoms with Gasteiger partial charge in [0.2, 0.25) is 0 Å². The molecule has 1 aromatic rings. The van der Waals surface area contributed by atoms with Gasteiger partial charge in [0.05, 0.1) is 12.7 Å². The van der Waals surface area contributed by atoms with E-state index in [-0.39, 0.29) is 6.10 Å². The van der Waals surface area contributed by atoms with E-state index in [1.165, 1.54) is 0 Å². The highest BCUT2D eigenvalue weighted by atomic mass is 35.5. The van der Waals surface area contributed by atoms with Crippen LogP contribution in [-0.4, -0.2) is 37.2 Å². The van der Waals surface area contributed by atoms with Gasteiger partial charge in [0, 0.05) is 41.8 Å². The molecule has 1 saturated heterocycles. The van der Waals surface area contributed by atoms with E-state index in [1.807, 2.05) is 18.2 Å². The summed E-state index contributed by atoms with van der Waals surface area (Å²) in [5.41, 5.74) is 6.59. The van der Waals surface area contributed by atoms with E-state index >= 15 is 0 Å². The van der Waals surface area contributed by atoms with E-state index in [4.69, 9.17) is 33.7 Å². The van der Waals surface area contributed by atoms with Crippen molar-refractivity contribution in [3.8, 4) is 0 Å². The van der Waals surface area contributed by atoms with Crippen LogP contribution in [0.25, 0.3) is 0 Å². The number of hydrogen-bond acceptors (Lipinski definition) is 3. The van der Waals surface area contributed by atoms with Crippen LogP contribution < -0.4 is 5.73 Å². The lowest BCUT2D eigenvalue weighted by Gasteiger charge is -2.32. The average molecular weight is 275 g/mol. The monoisotopic (exact) mass is 274 g/mol. The van der Waals surface area contributed by atoms with Crippen molar-refractivity contribution in [3.05, 3.63) is 33.8 Å². The minimum absolute atomic E-state index is 0.116. The van der Waals surface area contributed by atoms with Crippen LogP contribution in [0.2, 0.25) is 10.0 Å². The lowest BCUT2D eigenvalue weighted by atomic mass is 10.2. The average Bonchev–Trinajstić information content (AvgIpc) is 2.34. The first-order valence-electron chi connectivity index (χ1n) is 5.67. The van der Waals surface area contributed by atoms with Gasteiger partial charge in [-0.3, -0.25) is 4.90 Å². The molecule has 0 bridgehead atoms. The quantitative estimate of drug-likeness (QED) is 0.918. The van der Waals surface area contributed by atoms with Crippen LogP contribution >= 0.6 is 23.2 Å². The molecule has 0 spiro atoms. The maximum absolute atomic E-state index is 6.15. The third kappa shape index (κ3) is 3.33. The maximum atomic E-state index is 6.15. The molecule has 0 radical (unpaired) electrons. The Bertz CT molecular complexity index is 367. The number of hydrogen-bond donors (Lipinski definition) is 1. The number of rotatable bonds is 3. The van der Waals surface area contributed by atoms with Gasteiger partial charge in [-0.05, 0) is 12.1 Å². The molecule has 1 fully saturated rings. The third-order valence-electron chi connectivity index (χ3n) is 2.93. The highest BCUT2D eigenvalue weighted by molar-refractivity contribution is 6.35. The maximum Gasteiger partial charge on any atom is 0.0824 e. The number of benzene rings is 1. The van der Waals surface area contributed by atoms with E-state index < -0.39 is 0 Å². The Morgan fingerprint density at radius 3 is 2.71 bits per heavy atom. The predicted molar refractivity (Wildman–Crippen MR) is 70.5 cm³/mol. The van der Waals surface area contributed by atoms with E-state index in [9.17, 15) is 0 Å². The Morgan fingerprint density at radius 1 is 1.35 bits per heavy atom. The molecule has 1 unspecified atom stereocenters. The van der Waals surface area contributed by atoms with E-state index in [1.54, 1.807) is 0 Å². The third-order valence-corrected chi connectivity index (χ3v) is 3.64. The molecule has 5 heteroatoms. The van der Waals surface area contributed by atoms with Crippen LogP contribution in [0.15, 0.2) is 18.2 Å². The van der Waals surface area contributed by atoms with Gasteiger partial charge in [-0.2, -0.15) is 0 Å². The second-order valence-corrected chi connectivity index (χ2v) is 4.98. The molecule has 0 amide bonds. The molecule has 17 heavy (non-hydrogen) atoms. The van der Waals surface area contributed by atoms with Crippen LogP contribution in [0, 0.1) is 0 Å². The van der Waals surface area contributed by atoms with Crippen LogP contribution in [0.3, 0.4) is 0 Å². The molecule has 1 aliphatic rings. The van der Waals surface area contributed by atoms with Crippen molar-refractivity contribution in [1.82, 2.24) is 4.90 Å². The topological polar surface area (TPSA) is 38.5 Å². The highest BCUT2D eigenvalue weighted by Gasteiger charge is 2.20. The number of ether oxygens (including phenoxy) is 1. The Hall–Kier alpha value is -0.320. The summed E-state index contributed by atoms with van der Waals surface area (Å²) < 4.78 is 5.52. The smallest absolute Gasteiger partial charge is 0.0824 e. The van der Waals surface area contributed by atoms with Crippen molar-refractivity contribution in [2.45, 2.75) is 12.6 Å². The summed E-state index contributed by atoms with van der Waals surface area (Å²) >= 11 is 12.3. The molecule has 1 aliphatic heterocycles. The molecular weight excluding hydrogens is 259 g/mol. The Morgan fingerprint density at radius 2 is 2.06 bits per heavy atom. The molecular formula is C12H16Cl2N2O. The fourth-order valence-electron chi connectivity index (χ4n) is 1.97. The molecule has 94 valence electrons. The summed E-state index contributed by atoms with van der Waals surface area (Å²) in [6.07, 6.45) is 0.116. The zero-order chi connectivity index (χ0) is 12.3. The van der Waals surface area contributed by atoms with E-state index in [2.05, 4.69) is 4.90 Å². The van der Waals surface area contributed by atoms with Gasteiger partial charge in [-0.15, -0.1) is 0 Å². The molecule has 3 nitrogen and oxygen atoms in total. The number of morpholine rings is 1. The second-order valence-electron chi connectivity index (χ2n) is 4.16. The Balaban J connectivity index is 2.05. The Kier molecular flexibility index (Phi) is 4.65. The first-order valence-corrected chi connectivity index (χ1v) is 6.43. The van der Waals surface area contributed by atoms with Gasteiger partial charge in [0.25, 0.3) is 0 Å². The van der Waals surface area contributed by atoms with Gasteiger partial charge >= 0.3 is 0 Å². The van der Waals surface area contributed by atoms with Crippen molar-refractivity contribution >= 4 is 23.2 Å². The fourth-order valence-corrected chi connectivity index (χ4v) is 2.49. The number of nitrogens with zero attached hydrogens (tertiary/aromatic N) is 1. The summed E-state index contributed by atoms with van der Waals surface area (Å²) in [5.74, 6) is 0. The van der Waals surface area contributed by atoms with Crippen molar-refractivity contribution in [1.29, 1.82) is 0 Å². The second kappa shape index (κ2) is 6.03. The zero-order valence-corrected chi connectivity index (χ0v) is 11.0. The number of nitrogens with two attached hydrogens (primary N) is 1. The standard InChI is InChI=1S/C12H16Cl2N2O/c13-11-2-1-3-12(14)10(11)8-16-4-5-17-9(6-15)7-16/h1-3,9H,4-8,15H2. The lowest BCUT2D eigenvalue weighted by molar-refractivity contribution is -0.0260. The molecule has 2 N–H and O–H groups in total. The first-order chi connectivity index (χ1) is 8.20. The van der Waals surface area contributed by atoms with Crippen molar-refractivity contribution < 1.29 is 4.74 Å². The fraction of sp³-hybridized carbons (Fsp3) is 0.500. The van der Waals surface area contributed by atoms with Crippen molar-refractivity contribution in [3.63, 3.8) is 0 Å². The zero-order valence-electron chi connectivity index (χ0n) is 9.53. The molecule has 0 aromatic heterocycles. The normalized spacial score (nSPS) is 21.7. The SMILES string of the molecule is NCC1CN(Cc2c(Cl)cccc2Cl)CCO1. The predicted octanol–water partition coefficient (Wildman–Crippen LogP) is 2.15. The van der Waals surface area contributed by atoms with Gasteiger partial charge in [0.15, 0.2) is 0 Å². The summed E-state index contributed by atoms with van der Waals surface area (Å²) in [4.78, 5) is 2.27. The highest BCUT2D eigenvalue weighted by Crippen LogP contribution is 2.26. The number of halogens is 2. The molecule has 2 rings (SSSR count). The largest absolute Gasteiger partial charge is 0.374 e. The van der Waals surface area contributed by atoms with Crippen molar-refractivity contribution in [2.75, 3.05) is 26.2 Å². The van der Waals surface area contributed by atoms with Gasteiger partial charge in [-0.1, -0.05) is 29.3 Å². The minimum atomic E-state index is 0.116. The Labute approximate surface area is 111 Å². The van der Waals surface area contributed by atoms with Crippen molar-refractivity contribution in [2.24, 2.45) is 5.73 Å².